The Hall–Kier alpha value is -2.01. The van der Waals surface area contributed by atoms with Gasteiger partial charge in [0.25, 0.3) is 0 Å². The number of piperidine rings is 1. The number of aliphatic hydroxyl groups is 1. The second kappa shape index (κ2) is 6.63. The summed E-state index contributed by atoms with van der Waals surface area (Å²) >= 11 is 0. The highest BCUT2D eigenvalue weighted by Gasteiger charge is 2.21. The minimum atomic E-state index is 0.291. The third-order valence-electron chi connectivity index (χ3n) is 3.99. The van der Waals surface area contributed by atoms with E-state index >= 15 is 0 Å². The Morgan fingerprint density at radius 1 is 1.29 bits per heavy atom. The van der Waals surface area contributed by atoms with Crippen LogP contribution in [0.15, 0.2) is 41.1 Å². The normalized spacial score (nSPS) is 16.1. The van der Waals surface area contributed by atoms with E-state index in [9.17, 15) is 5.11 Å². The molecule has 5 heteroatoms. The standard InChI is InChI=1S/C16H21N3O2/c20-12-13-5-8-19(9-6-13)16-15(4-1-7-17-16)18-11-14-3-2-10-21-14/h1-4,7,10,13,18,20H,5-6,8-9,11-12H2. The van der Waals surface area contributed by atoms with E-state index in [-0.39, 0.29) is 0 Å². The number of rotatable bonds is 5. The zero-order chi connectivity index (χ0) is 14.5. The number of nitrogens with one attached hydrogen (secondary N) is 1. The highest BCUT2D eigenvalue weighted by atomic mass is 16.3. The van der Waals surface area contributed by atoms with Crippen LogP contribution in [0.3, 0.4) is 0 Å². The minimum Gasteiger partial charge on any atom is -0.467 e. The van der Waals surface area contributed by atoms with E-state index in [0.717, 1.165) is 43.2 Å². The number of hydrogen-bond acceptors (Lipinski definition) is 5. The van der Waals surface area contributed by atoms with Gasteiger partial charge in [0.05, 0.1) is 18.5 Å². The molecule has 2 aromatic rings. The molecule has 0 aliphatic carbocycles. The zero-order valence-electron chi connectivity index (χ0n) is 12.0. The lowest BCUT2D eigenvalue weighted by Gasteiger charge is -2.33. The molecule has 2 N–H and O–H groups in total. The molecule has 0 bridgehead atoms. The van der Waals surface area contributed by atoms with Crippen LogP contribution in [0.2, 0.25) is 0 Å². The van der Waals surface area contributed by atoms with E-state index in [4.69, 9.17) is 4.42 Å². The van der Waals surface area contributed by atoms with Gasteiger partial charge in [-0.05, 0) is 43.0 Å². The summed E-state index contributed by atoms with van der Waals surface area (Å²) in [5.74, 6) is 2.33. The number of aromatic nitrogens is 1. The number of nitrogens with zero attached hydrogens (tertiary/aromatic N) is 2. The van der Waals surface area contributed by atoms with Crippen molar-refractivity contribution in [3.63, 3.8) is 0 Å². The van der Waals surface area contributed by atoms with Crippen molar-refractivity contribution in [1.29, 1.82) is 0 Å². The Labute approximate surface area is 124 Å². The zero-order valence-corrected chi connectivity index (χ0v) is 12.0. The maximum atomic E-state index is 9.24. The van der Waals surface area contributed by atoms with Crippen molar-refractivity contribution in [1.82, 2.24) is 4.98 Å². The van der Waals surface area contributed by atoms with Gasteiger partial charge in [-0.1, -0.05) is 0 Å². The lowest BCUT2D eigenvalue weighted by molar-refractivity contribution is 0.203. The van der Waals surface area contributed by atoms with Gasteiger partial charge in [0.2, 0.25) is 0 Å². The lowest BCUT2D eigenvalue weighted by Crippen LogP contribution is -2.35. The van der Waals surface area contributed by atoms with Crippen LogP contribution in [0.4, 0.5) is 11.5 Å². The van der Waals surface area contributed by atoms with Gasteiger partial charge in [-0.2, -0.15) is 0 Å². The summed E-state index contributed by atoms with van der Waals surface area (Å²) in [6, 6.07) is 7.83. The molecule has 1 fully saturated rings. The number of pyridine rings is 1. The smallest absolute Gasteiger partial charge is 0.151 e. The maximum absolute atomic E-state index is 9.24. The molecule has 112 valence electrons. The van der Waals surface area contributed by atoms with Gasteiger partial charge in [0.15, 0.2) is 5.82 Å². The lowest BCUT2D eigenvalue weighted by atomic mass is 9.98. The van der Waals surface area contributed by atoms with Gasteiger partial charge >= 0.3 is 0 Å². The summed E-state index contributed by atoms with van der Waals surface area (Å²) in [7, 11) is 0. The summed E-state index contributed by atoms with van der Waals surface area (Å²) in [6.07, 6.45) is 5.54. The predicted octanol–water partition coefficient (Wildman–Crippen LogP) is 2.50. The van der Waals surface area contributed by atoms with E-state index in [2.05, 4.69) is 15.2 Å². The molecule has 0 saturated carbocycles. The fourth-order valence-corrected chi connectivity index (χ4v) is 2.71. The summed E-state index contributed by atoms with van der Waals surface area (Å²) in [5.41, 5.74) is 1.02. The number of hydrogen-bond donors (Lipinski definition) is 2. The molecule has 1 aliphatic heterocycles. The molecule has 2 aromatic heterocycles. The molecule has 3 rings (SSSR count). The minimum absolute atomic E-state index is 0.291. The Bertz CT molecular complexity index is 548. The molecular weight excluding hydrogens is 266 g/mol. The van der Waals surface area contributed by atoms with E-state index in [1.807, 2.05) is 30.5 Å². The van der Waals surface area contributed by atoms with Crippen LogP contribution in [-0.2, 0) is 6.54 Å². The average molecular weight is 287 g/mol. The Kier molecular flexibility index (Phi) is 4.40. The van der Waals surface area contributed by atoms with Crippen molar-refractivity contribution >= 4 is 11.5 Å². The molecule has 0 spiro atoms. The van der Waals surface area contributed by atoms with Crippen LogP contribution in [0, 0.1) is 5.92 Å². The summed E-state index contributed by atoms with van der Waals surface area (Å²) in [4.78, 5) is 6.81. The molecule has 5 nitrogen and oxygen atoms in total. The topological polar surface area (TPSA) is 61.5 Å². The van der Waals surface area contributed by atoms with Crippen molar-refractivity contribution in [2.45, 2.75) is 19.4 Å². The van der Waals surface area contributed by atoms with E-state index < -0.39 is 0 Å². The molecule has 21 heavy (non-hydrogen) atoms. The molecular formula is C16H21N3O2. The van der Waals surface area contributed by atoms with Gasteiger partial charge in [0.1, 0.15) is 5.76 Å². The molecule has 1 aliphatic rings. The highest BCUT2D eigenvalue weighted by molar-refractivity contribution is 5.65. The van der Waals surface area contributed by atoms with Gasteiger partial charge < -0.3 is 19.7 Å². The molecule has 1 saturated heterocycles. The van der Waals surface area contributed by atoms with Crippen molar-refractivity contribution in [3.8, 4) is 0 Å². The van der Waals surface area contributed by atoms with Gasteiger partial charge in [-0.25, -0.2) is 4.98 Å². The Balaban J connectivity index is 1.67. The van der Waals surface area contributed by atoms with Crippen LogP contribution in [0.25, 0.3) is 0 Å². The van der Waals surface area contributed by atoms with E-state index in [1.54, 1.807) is 6.26 Å². The number of aliphatic hydroxyl groups excluding tert-OH is 1. The SMILES string of the molecule is OCC1CCN(c2ncccc2NCc2ccco2)CC1. The monoisotopic (exact) mass is 287 g/mol. The molecule has 0 unspecified atom stereocenters. The third kappa shape index (κ3) is 3.36. The first-order valence-electron chi connectivity index (χ1n) is 7.44. The third-order valence-corrected chi connectivity index (χ3v) is 3.99. The van der Waals surface area contributed by atoms with Gasteiger partial charge in [-0.15, -0.1) is 0 Å². The highest BCUT2D eigenvalue weighted by Crippen LogP contribution is 2.27. The van der Waals surface area contributed by atoms with Crippen molar-refractivity contribution in [2.24, 2.45) is 5.92 Å². The Morgan fingerprint density at radius 2 is 2.14 bits per heavy atom. The van der Waals surface area contributed by atoms with Crippen LogP contribution in [0.1, 0.15) is 18.6 Å². The van der Waals surface area contributed by atoms with Gasteiger partial charge in [-0.3, -0.25) is 0 Å². The van der Waals surface area contributed by atoms with Crippen LogP contribution in [-0.4, -0.2) is 29.8 Å². The molecule has 0 aromatic carbocycles. The number of furan rings is 1. The summed E-state index contributed by atoms with van der Waals surface area (Å²) in [6.45, 7) is 2.83. The first-order valence-corrected chi connectivity index (χ1v) is 7.44. The summed E-state index contributed by atoms with van der Waals surface area (Å²) < 4.78 is 5.34. The van der Waals surface area contributed by atoms with Crippen LogP contribution >= 0.6 is 0 Å². The second-order valence-corrected chi connectivity index (χ2v) is 5.42. The van der Waals surface area contributed by atoms with Gasteiger partial charge in [0, 0.05) is 25.9 Å². The van der Waals surface area contributed by atoms with Crippen LogP contribution < -0.4 is 10.2 Å². The van der Waals surface area contributed by atoms with Crippen molar-refractivity contribution in [3.05, 3.63) is 42.5 Å². The fraction of sp³-hybridized carbons (Fsp3) is 0.438. The molecule has 0 radical (unpaired) electrons. The molecule has 3 heterocycles. The average Bonchev–Trinajstić information content (AvgIpc) is 3.07. The number of anilines is 2. The maximum Gasteiger partial charge on any atom is 0.151 e. The summed E-state index contributed by atoms with van der Waals surface area (Å²) in [5, 5.41) is 12.6. The first kappa shape index (κ1) is 13.9. The van der Waals surface area contributed by atoms with Crippen molar-refractivity contribution < 1.29 is 9.52 Å². The van der Waals surface area contributed by atoms with Crippen LogP contribution in [0.5, 0.6) is 0 Å². The molecule has 0 amide bonds. The predicted molar refractivity (Wildman–Crippen MR) is 82.3 cm³/mol. The fourth-order valence-electron chi connectivity index (χ4n) is 2.71. The second-order valence-electron chi connectivity index (χ2n) is 5.42. The van der Waals surface area contributed by atoms with E-state index in [1.165, 1.54) is 0 Å². The largest absolute Gasteiger partial charge is 0.467 e. The Morgan fingerprint density at radius 3 is 2.86 bits per heavy atom. The van der Waals surface area contributed by atoms with E-state index in [0.29, 0.717) is 19.1 Å². The van der Waals surface area contributed by atoms with Crippen molar-refractivity contribution in [2.75, 3.05) is 29.9 Å². The first-order chi connectivity index (χ1) is 10.4. The quantitative estimate of drug-likeness (QED) is 0.884. The molecule has 0 atom stereocenters.